The Labute approximate surface area is 169 Å². The van der Waals surface area contributed by atoms with E-state index in [4.69, 9.17) is 4.74 Å². The summed E-state index contributed by atoms with van der Waals surface area (Å²) in [4.78, 5) is 17.0. The van der Waals surface area contributed by atoms with E-state index in [1.54, 1.807) is 17.2 Å². The summed E-state index contributed by atoms with van der Waals surface area (Å²) in [6, 6.07) is 9.23. The molecule has 29 heavy (non-hydrogen) atoms. The van der Waals surface area contributed by atoms with Gasteiger partial charge in [0.2, 0.25) is 5.88 Å². The van der Waals surface area contributed by atoms with Gasteiger partial charge in [-0.05, 0) is 37.8 Å². The second kappa shape index (κ2) is 8.48. The zero-order valence-electron chi connectivity index (χ0n) is 16.3. The number of imidazole rings is 1. The number of hydrogen-bond acceptors (Lipinski definition) is 5. The standard InChI is InChI=1S/C21H25N5O3/c1-2-29-21-17(12-23-26(21)16-6-4-3-5-7-16)20(28)24-18-10-15(11-19(18)27)13-25-9-8-22-14-25/h3-9,12,14-15,18-19,27H,2,10-11,13H2,1H3,(H,24,28)/t15?,18-,19-/m1/s1. The van der Waals surface area contributed by atoms with Crippen LogP contribution in [0.4, 0.5) is 0 Å². The van der Waals surface area contributed by atoms with Crippen LogP contribution in [0.15, 0.2) is 55.2 Å². The lowest BCUT2D eigenvalue weighted by molar-refractivity contribution is 0.0869. The van der Waals surface area contributed by atoms with Gasteiger partial charge in [0.05, 0.1) is 37.0 Å². The van der Waals surface area contributed by atoms with Gasteiger partial charge in [-0.2, -0.15) is 5.10 Å². The molecule has 1 aromatic carbocycles. The van der Waals surface area contributed by atoms with Gasteiger partial charge in [-0.25, -0.2) is 9.67 Å². The molecule has 1 aliphatic rings. The van der Waals surface area contributed by atoms with Crippen molar-refractivity contribution < 1.29 is 14.6 Å². The van der Waals surface area contributed by atoms with Crippen LogP contribution in [-0.4, -0.2) is 49.1 Å². The molecule has 152 valence electrons. The Balaban J connectivity index is 1.47. The first-order chi connectivity index (χ1) is 14.2. The van der Waals surface area contributed by atoms with Crippen molar-refractivity contribution >= 4 is 5.91 Å². The largest absolute Gasteiger partial charge is 0.477 e. The topological polar surface area (TPSA) is 94.2 Å². The number of benzene rings is 1. The molecule has 4 rings (SSSR count). The SMILES string of the molecule is CCOc1c(C(=O)N[C@@H]2CC(Cn3ccnc3)C[C@H]2O)cnn1-c1ccccc1. The highest BCUT2D eigenvalue weighted by atomic mass is 16.5. The molecule has 2 aromatic heterocycles. The van der Waals surface area contributed by atoms with Crippen LogP contribution in [0, 0.1) is 5.92 Å². The molecule has 8 nitrogen and oxygen atoms in total. The molecule has 0 aliphatic heterocycles. The second-order valence-corrected chi connectivity index (χ2v) is 7.29. The summed E-state index contributed by atoms with van der Waals surface area (Å²) >= 11 is 0. The fraction of sp³-hybridized carbons (Fsp3) is 0.381. The average Bonchev–Trinajstić information content (AvgIpc) is 3.45. The van der Waals surface area contributed by atoms with E-state index in [1.165, 1.54) is 6.20 Å². The predicted octanol–water partition coefficient (Wildman–Crippen LogP) is 2.04. The van der Waals surface area contributed by atoms with Crippen molar-refractivity contribution in [3.05, 3.63) is 60.8 Å². The van der Waals surface area contributed by atoms with Crippen molar-refractivity contribution in [3.8, 4) is 11.6 Å². The van der Waals surface area contributed by atoms with Gasteiger partial charge in [0.1, 0.15) is 5.56 Å². The first kappa shape index (κ1) is 19.2. The Hall–Kier alpha value is -3.13. The Kier molecular flexibility index (Phi) is 5.62. The van der Waals surface area contributed by atoms with Gasteiger partial charge in [-0.15, -0.1) is 0 Å². The van der Waals surface area contributed by atoms with E-state index in [0.717, 1.165) is 12.2 Å². The number of nitrogens with zero attached hydrogens (tertiary/aromatic N) is 4. The van der Waals surface area contributed by atoms with Gasteiger partial charge in [-0.1, -0.05) is 18.2 Å². The lowest BCUT2D eigenvalue weighted by Crippen LogP contribution is -2.40. The molecule has 1 aliphatic carbocycles. The smallest absolute Gasteiger partial charge is 0.258 e. The molecule has 0 radical (unpaired) electrons. The molecule has 1 unspecified atom stereocenters. The minimum atomic E-state index is -0.577. The fourth-order valence-corrected chi connectivity index (χ4v) is 3.88. The molecule has 1 saturated carbocycles. The molecular weight excluding hydrogens is 370 g/mol. The maximum Gasteiger partial charge on any atom is 0.258 e. The van der Waals surface area contributed by atoms with Crippen LogP contribution >= 0.6 is 0 Å². The molecule has 3 atom stereocenters. The molecule has 1 fully saturated rings. The number of aromatic nitrogens is 4. The number of nitrogens with one attached hydrogen (secondary N) is 1. The van der Waals surface area contributed by atoms with Gasteiger partial charge in [0.15, 0.2) is 0 Å². The highest BCUT2D eigenvalue weighted by Crippen LogP contribution is 2.29. The van der Waals surface area contributed by atoms with Crippen LogP contribution in [0.1, 0.15) is 30.1 Å². The third-order valence-electron chi connectivity index (χ3n) is 5.22. The molecule has 2 heterocycles. The lowest BCUT2D eigenvalue weighted by Gasteiger charge is -2.17. The Bertz CT molecular complexity index is 939. The monoisotopic (exact) mass is 395 g/mol. The maximum absolute atomic E-state index is 12.9. The number of ether oxygens (including phenoxy) is 1. The maximum atomic E-state index is 12.9. The molecular formula is C21H25N5O3. The number of amides is 1. The number of para-hydroxylation sites is 1. The Morgan fingerprint density at radius 2 is 2.14 bits per heavy atom. The molecule has 0 bridgehead atoms. The summed E-state index contributed by atoms with van der Waals surface area (Å²) in [6.45, 7) is 3.06. The molecule has 3 aromatic rings. The molecule has 8 heteroatoms. The normalized spacial score (nSPS) is 21.2. The lowest BCUT2D eigenvalue weighted by atomic mass is 10.1. The van der Waals surface area contributed by atoms with E-state index in [-0.39, 0.29) is 17.9 Å². The van der Waals surface area contributed by atoms with Crippen molar-refractivity contribution in [3.63, 3.8) is 0 Å². The number of hydrogen-bond donors (Lipinski definition) is 2. The van der Waals surface area contributed by atoms with Crippen LogP contribution in [-0.2, 0) is 6.54 Å². The average molecular weight is 395 g/mol. The zero-order valence-corrected chi connectivity index (χ0v) is 16.3. The van der Waals surface area contributed by atoms with Crippen LogP contribution in [0.25, 0.3) is 5.69 Å². The number of rotatable bonds is 7. The van der Waals surface area contributed by atoms with Gasteiger partial charge in [0, 0.05) is 18.9 Å². The van der Waals surface area contributed by atoms with Crippen molar-refractivity contribution in [2.24, 2.45) is 5.92 Å². The summed E-state index contributed by atoms with van der Waals surface area (Å²) in [5.74, 6) is 0.393. The first-order valence-corrected chi connectivity index (χ1v) is 9.86. The van der Waals surface area contributed by atoms with Crippen LogP contribution in [0.2, 0.25) is 0 Å². The van der Waals surface area contributed by atoms with E-state index in [9.17, 15) is 9.90 Å². The molecule has 2 N–H and O–H groups in total. The minimum absolute atomic E-state index is 0.280. The summed E-state index contributed by atoms with van der Waals surface area (Å²) in [5.41, 5.74) is 1.18. The van der Waals surface area contributed by atoms with Crippen LogP contribution in [0.3, 0.4) is 0 Å². The Morgan fingerprint density at radius 1 is 1.31 bits per heavy atom. The quantitative estimate of drug-likeness (QED) is 0.638. The van der Waals surface area contributed by atoms with Gasteiger partial charge >= 0.3 is 0 Å². The highest BCUT2D eigenvalue weighted by Gasteiger charge is 2.35. The Morgan fingerprint density at radius 3 is 2.86 bits per heavy atom. The third kappa shape index (κ3) is 4.17. The predicted molar refractivity (Wildman–Crippen MR) is 107 cm³/mol. The van der Waals surface area contributed by atoms with Crippen molar-refractivity contribution in [2.75, 3.05) is 6.61 Å². The van der Waals surface area contributed by atoms with Crippen LogP contribution < -0.4 is 10.1 Å². The number of aliphatic hydroxyl groups is 1. The molecule has 1 amide bonds. The second-order valence-electron chi connectivity index (χ2n) is 7.29. The molecule has 0 spiro atoms. The molecule has 0 saturated heterocycles. The summed E-state index contributed by atoms with van der Waals surface area (Å²) in [5, 5.41) is 17.8. The zero-order chi connectivity index (χ0) is 20.2. The van der Waals surface area contributed by atoms with E-state index >= 15 is 0 Å². The number of carbonyl (C=O) groups excluding carboxylic acids is 1. The van der Waals surface area contributed by atoms with Gasteiger partial charge < -0.3 is 19.7 Å². The van der Waals surface area contributed by atoms with Crippen molar-refractivity contribution in [2.45, 2.75) is 38.5 Å². The summed E-state index contributed by atoms with van der Waals surface area (Å²) in [6.07, 6.45) is 7.70. The third-order valence-corrected chi connectivity index (χ3v) is 5.22. The highest BCUT2D eigenvalue weighted by molar-refractivity contribution is 5.96. The van der Waals surface area contributed by atoms with E-state index in [2.05, 4.69) is 15.4 Å². The fourth-order valence-electron chi connectivity index (χ4n) is 3.88. The van der Waals surface area contributed by atoms with Gasteiger partial charge in [0.25, 0.3) is 5.91 Å². The number of carbonyl (C=O) groups is 1. The van der Waals surface area contributed by atoms with Crippen molar-refractivity contribution in [1.29, 1.82) is 0 Å². The van der Waals surface area contributed by atoms with E-state index in [0.29, 0.717) is 30.9 Å². The van der Waals surface area contributed by atoms with Gasteiger partial charge in [-0.3, -0.25) is 4.79 Å². The van der Waals surface area contributed by atoms with Crippen LogP contribution in [0.5, 0.6) is 5.88 Å². The summed E-state index contributed by atoms with van der Waals surface area (Å²) < 4.78 is 9.35. The first-order valence-electron chi connectivity index (χ1n) is 9.86. The number of aliphatic hydroxyl groups excluding tert-OH is 1. The van der Waals surface area contributed by atoms with E-state index in [1.807, 2.05) is 48.0 Å². The van der Waals surface area contributed by atoms with Crippen molar-refractivity contribution in [1.82, 2.24) is 24.6 Å². The minimum Gasteiger partial charge on any atom is -0.477 e. The summed E-state index contributed by atoms with van der Waals surface area (Å²) in [7, 11) is 0. The van der Waals surface area contributed by atoms with E-state index < -0.39 is 6.10 Å².